The number of nitrogen functional groups attached to an aromatic ring is 1. The quantitative estimate of drug-likeness (QED) is 0.526. The maximum Gasteiger partial charge on any atom is 0.219 e. The number of rotatable bonds is 10. The first kappa shape index (κ1) is 18.8. The van der Waals surface area contributed by atoms with Crippen molar-refractivity contribution in [2.45, 2.75) is 33.6 Å². The van der Waals surface area contributed by atoms with Gasteiger partial charge >= 0.3 is 0 Å². The second-order valence-electron chi connectivity index (χ2n) is 5.12. The van der Waals surface area contributed by atoms with Gasteiger partial charge in [-0.05, 0) is 37.7 Å². The molecule has 0 aliphatic carbocycles. The Kier molecular flexibility index (Phi) is 9.01. The highest BCUT2D eigenvalue weighted by atomic mass is 32.2. The van der Waals surface area contributed by atoms with E-state index >= 15 is 0 Å². The number of unbranched alkanes of at least 4 members (excludes halogenated alkanes) is 1. The Labute approximate surface area is 138 Å². The molecule has 5 heteroatoms. The van der Waals surface area contributed by atoms with Gasteiger partial charge in [-0.25, -0.2) is 0 Å². The van der Waals surface area contributed by atoms with Crippen molar-refractivity contribution in [3.8, 4) is 5.75 Å². The van der Waals surface area contributed by atoms with Crippen LogP contribution in [0.3, 0.4) is 0 Å². The highest BCUT2D eigenvalue weighted by Gasteiger charge is 2.11. The van der Waals surface area contributed by atoms with E-state index in [0.29, 0.717) is 23.6 Å². The van der Waals surface area contributed by atoms with Crippen LogP contribution in [0.4, 0.5) is 5.69 Å². The number of hydrogen-bond donors (Lipinski definition) is 1. The van der Waals surface area contributed by atoms with Crippen LogP contribution in [0.15, 0.2) is 18.2 Å². The lowest BCUT2D eigenvalue weighted by molar-refractivity contribution is 0.108. The highest BCUT2D eigenvalue weighted by molar-refractivity contribution is 8.14. The van der Waals surface area contributed by atoms with E-state index in [9.17, 15) is 4.79 Å². The van der Waals surface area contributed by atoms with Crippen LogP contribution >= 0.6 is 11.8 Å². The molecule has 2 N–H and O–H groups in total. The van der Waals surface area contributed by atoms with Crippen LogP contribution in [0.25, 0.3) is 0 Å². The molecular formula is C17H28N2O2S. The fourth-order valence-electron chi connectivity index (χ4n) is 2.00. The number of benzene rings is 1. The van der Waals surface area contributed by atoms with E-state index in [2.05, 4.69) is 25.7 Å². The summed E-state index contributed by atoms with van der Waals surface area (Å²) in [5.41, 5.74) is 7.14. The van der Waals surface area contributed by atoms with Crippen molar-refractivity contribution >= 4 is 22.6 Å². The molecule has 0 aliphatic heterocycles. The zero-order chi connectivity index (χ0) is 16.4. The molecule has 0 fully saturated rings. The molecule has 0 heterocycles. The van der Waals surface area contributed by atoms with E-state index in [4.69, 9.17) is 10.5 Å². The zero-order valence-corrected chi connectivity index (χ0v) is 14.7. The summed E-state index contributed by atoms with van der Waals surface area (Å²) in [4.78, 5) is 14.6. The van der Waals surface area contributed by atoms with E-state index in [0.717, 1.165) is 38.2 Å². The van der Waals surface area contributed by atoms with Gasteiger partial charge in [0.05, 0.1) is 12.3 Å². The third-order valence-electron chi connectivity index (χ3n) is 3.54. The largest absolute Gasteiger partial charge is 0.491 e. The Bertz CT molecular complexity index is 462. The van der Waals surface area contributed by atoms with Crippen molar-refractivity contribution in [3.05, 3.63) is 23.8 Å². The number of carbonyl (C=O) groups is 1. The van der Waals surface area contributed by atoms with E-state index in [1.54, 1.807) is 18.2 Å². The van der Waals surface area contributed by atoms with Gasteiger partial charge in [0.1, 0.15) is 5.75 Å². The number of nitrogens with zero attached hydrogens (tertiary/aromatic N) is 1. The average molecular weight is 324 g/mol. The van der Waals surface area contributed by atoms with Crippen molar-refractivity contribution in [2.75, 3.05) is 37.7 Å². The van der Waals surface area contributed by atoms with Gasteiger partial charge in [0.2, 0.25) is 5.12 Å². The Morgan fingerprint density at radius 2 is 2.00 bits per heavy atom. The van der Waals surface area contributed by atoms with Gasteiger partial charge in [-0.1, -0.05) is 39.0 Å². The first-order valence-corrected chi connectivity index (χ1v) is 9.02. The van der Waals surface area contributed by atoms with Gasteiger partial charge in [0.15, 0.2) is 0 Å². The maximum atomic E-state index is 12.2. The summed E-state index contributed by atoms with van der Waals surface area (Å²) in [5.74, 6) is 1.42. The first-order valence-electron chi connectivity index (χ1n) is 8.04. The van der Waals surface area contributed by atoms with Gasteiger partial charge in [-0.3, -0.25) is 4.79 Å². The minimum atomic E-state index is 0.0764. The second kappa shape index (κ2) is 10.5. The summed E-state index contributed by atoms with van der Waals surface area (Å²) < 4.78 is 5.65. The van der Waals surface area contributed by atoms with Crippen LogP contribution in [0.2, 0.25) is 0 Å². The maximum absolute atomic E-state index is 12.2. The van der Waals surface area contributed by atoms with Crippen LogP contribution in [-0.4, -0.2) is 42.0 Å². The summed E-state index contributed by atoms with van der Waals surface area (Å²) >= 11 is 1.35. The van der Waals surface area contributed by atoms with Crippen LogP contribution in [0, 0.1) is 0 Å². The van der Waals surface area contributed by atoms with Gasteiger partial charge < -0.3 is 15.4 Å². The highest BCUT2D eigenvalue weighted by Crippen LogP contribution is 2.25. The summed E-state index contributed by atoms with van der Waals surface area (Å²) in [7, 11) is 0. The van der Waals surface area contributed by atoms with Crippen molar-refractivity contribution in [1.82, 2.24) is 4.90 Å². The van der Waals surface area contributed by atoms with Crippen molar-refractivity contribution in [1.29, 1.82) is 0 Å². The van der Waals surface area contributed by atoms with Gasteiger partial charge in [-0.15, -0.1) is 0 Å². The molecule has 0 unspecified atom stereocenters. The molecule has 0 aromatic heterocycles. The third-order valence-corrected chi connectivity index (χ3v) is 4.42. The van der Waals surface area contributed by atoms with Gasteiger partial charge in [0, 0.05) is 17.9 Å². The Morgan fingerprint density at radius 1 is 1.27 bits per heavy atom. The lowest BCUT2D eigenvalue weighted by atomic mass is 10.2. The summed E-state index contributed by atoms with van der Waals surface area (Å²) in [6.45, 7) is 9.97. The number of nitrogens with two attached hydrogens (primary N) is 1. The fourth-order valence-corrected chi connectivity index (χ4v) is 2.83. The SMILES string of the molecule is CCCCOc1cc(C(=O)SCCN(CC)CC)ccc1N. The molecule has 1 rings (SSSR count). The molecule has 0 radical (unpaired) electrons. The summed E-state index contributed by atoms with van der Waals surface area (Å²) in [6, 6.07) is 5.28. The number of hydrogen-bond acceptors (Lipinski definition) is 5. The fraction of sp³-hybridized carbons (Fsp3) is 0.588. The molecule has 1 aromatic rings. The van der Waals surface area contributed by atoms with Crippen molar-refractivity contribution < 1.29 is 9.53 Å². The van der Waals surface area contributed by atoms with Gasteiger partial charge in [0.25, 0.3) is 0 Å². The molecule has 0 bridgehead atoms. The summed E-state index contributed by atoms with van der Waals surface area (Å²) in [5, 5.41) is 0.0764. The van der Waals surface area contributed by atoms with E-state index < -0.39 is 0 Å². The Balaban J connectivity index is 2.56. The Hall–Kier alpha value is -1.20. The van der Waals surface area contributed by atoms with E-state index in [-0.39, 0.29) is 5.12 Å². The van der Waals surface area contributed by atoms with Crippen molar-refractivity contribution in [3.63, 3.8) is 0 Å². The van der Waals surface area contributed by atoms with Crippen molar-refractivity contribution in [2.24, 2.45) is 0 Å². The smallest absolute Gasteiger partial charge is 0.219 e. The standard InChI is InChI=1S/C17H28N2O2S/c1-4-7-11-21-16-13-14(8-9-15(16)18)17(20)22-12-10-19(5-2)6-3/h8-9,13H,4-7,10-12,18H2,1-3H3. The van der Waals surface area contributed by atoms with Gasteiger partial charge in [-0.2, -0.15) is 0 Å². The second-order valence-corrected chi connectivity index (χ2v) is 6.19. The monoisotopic (exact) mass is 324 g/mol. The third kappa shape index (κ3) is 6.28. The molecule has 0 aliphatic rings. The predicted molar refractivity (Wildman–Crippen MR) is 95.8 cm³/mol. The van der Waals surface area contributed by atoms with Crippen LogP contribution < -0.4 is 10.5 Å². The molecule has 4 nitrogen and oxygen atoms in total. The number of anilines is 1. The normalized spacial score (nSPS) is 10.9. The molecule has 1 aromatic carbocycles. The first-order chi connectivity index (χ1) is 10.6. The summed E-state index contributed by atoms with van der Waals surface area (Å²) in [6.07, 6.45) is 2.05. The lowest BCUT2D eigenvalue weighted by Crippen LogP contribution is -2.25. The Morgan fingerprint density at radius 3 is 2.64 bits per heavy atom. The average Bonchev–Trinajstić information content (AvgIpc) is 2.53. The molecule has 0 spiro atoms. The van der Waals surface area contributed by atoms with Crippen LogP contribution in [0.5, 0.6) is 5.75 Å². The minimum absolute atomic E-state index is 0.0764. The van der Waals surface area contributed by atoms with E-state index in [1.807, 2.05) is 0 Å². The molecule has 22 heavy (non-hydrogen) atoms. The topological polar surface area (TPSA) is 55.6 Å². The van der Waals surface area contributed by atoms with E-state index in [1.165, 1.54) is 11.8 Å². The van der Waals surface area contributed by atoms with Crippen LogP contribution in [-0.2, 0) is 0 Å². The number of ether oxygens (including phenoxy) is 1. The zero-order valence-electron chi connectivity index (χ0n) is 13.9. The molecular weight excluding hydrogens is 296 g/mol. The molecule has 0 atom stereocenters. The molecule has 0 saturated heterocycles. The predicted octanol–water partition coefficient (Wildman–Crippen LogP) is 3.66. The molecule has 0 amide bonds. The lowest BCUT2D eigenvalue weighted by Gasteiger charge is -2.17. The molecule has 124 valence electrons. The number of thioether (sulfide) groups is 1. The molecule has 0 saturated carbocycles. The van der Waals surface area contributed by atoms with Crippen LogP contribution in [0.1, 0.15) is 44.0 Å². The number of carbonyl (C=O) groups excluding carboxylic acids is 1. The minimum Gasteiger partial charge on any atom is -0.491 e.